The van der Waals surface area contributed by atoms with Gasteiger partial charge >= 0.3 is 0 Å². The summed E-state index contributed by atoms with van der Waals surface area (Å²) in [6.07, 6.45) is 2.64. The molecule has 1 aromatic heterocycles. The molecule has 1 aliphatic heterocycles. The molecule has 1 aromatic carbocycles. The van der Waals surface area contributed by atoms with Gasteiger partial charge in [0.1, 0.15) is 5.69 Å². The molecule has 120 valence electrons. The van der Waals surface area contributed by atoms with Gasteiger partial charge in [-0.15, -0.1) is 0 Å². The number of pyridine rings is 1. The summed E-state index contributed by atoms with van der Waals surface area (Å²) in [5, 5.41) is 3.35. The largest absolute Gasteiger partial charge is 0.379 e. The van der Waals surface area contributed by atoms with Crippen LogP contribution in [0.2, 0.25) is 0 Å². The van der Waals surface area contributed by atoms with Crippen LogP contribution in [0.4, 0.5) is 5.69 Å². The molecule has 4 heteroatoms. The molecule has 0 spiro atoms. The lowest BCUT2D eigenvalue weighted by Gasteiger charge is -2.28. The molecular weight excluding hydrogens is 286 g/mol. The predicted octanol–water partition coefficient (Wildman–Crippen LogP) is 3.49. The first kappa shape index (κ1) is 15.5. The molecule has 3 rings (SSSR count). The highest BCUT2D eigenvalue weighted by molar-refractivity contribution is 5.92. The van der Waals surface area contributed by atoms with Gasteiger partial charge in [-0.25, -0.2) is 4.98 Å². The van der Waals surface area contributed by atoms with Crippen LogP contribution in [0.1, 0.15) is 42.4 Å². The molecular formula is C19H23N3O. The average molecular weight is 309 g/mol. The Kier molecular flexibility index (Phi) is 4.07. The van der Waals surface area contributed by atoms with Crippen molar-refractivity contribution in [1.82, 2.24) is 9.88 Å². The monoisotopic (exact) mass is 309 g/mol. The summed E-state index contributed by atoms with van der Waals surface area (Å²) in [5.74, 6) is 0.00168. The maximum Gasteiger partial charge on any atom is 0.272 e. The maximum absolute atomic E-state index is 12.6. The van der Waals surface area contributed by atoms with Crippen molar-refractivity contribution in [2.75, 3.05) is 11.9 Å². The maximum atomic E-state index is 12.6. The van der Waals surface area contributed by atoms with E-state index in [-0.39, 0.29) is 11.4 Å². The number of rotatable bonds is 2. The number of carbonyl (C=O) groups excluding carboxylic acids is 1. The van der Waals surface area contributed by atoms with Crippen molar-refractivity contribution in [3.05, 3.63) is 59.4 Å². The molecule has 0 bridgehead atoms. The molecule has 23 heavy (non-hydrogen) atoms. The Morgan fingerprint density at radius 1 is 1.13 bits per heavy atom. The smallest absolute Gasteiger partial charge is 0.272 e. The molecule has 0 fully saturated rings. The van der Waals surface area contributed by atoms with Crippen LogP contribution in [0.5, 0.6) is 0 Å². The number of amides is 1. The van der Waals surface area contributed by atoms with Gasteiger partial charge in [0.15, 0.2) is 0 Å². The topological polar surface area (TPSA) is 45.2 Å². The Balaban J connectivity index is 1.72. The van der Waals surface area contributed by atoms with Crippen molar-refractivity contribution in [1.29, 1.82) is 0 Å². The highest BCUT2D eigenvalue weighted by atomic mass is 16.2. The van der Waals surface area contributed by atoms with E-state index in [4.69, 9.17) is 0 Å². The fourth-order valence-corrected chi connectivity index (χ4v) is 2.86. The second-order valence-electron chi connectivity index (χ2n) is 7.05. The molecule has 0 saturated carbocycles. The molecule has 4 nitrogen and oxygen atoms in total. The summed E-state index contributed by atoms with van der Waals surface area (Å²) >= 11 is 0. The van der Waals surface area contributed by atoms with E-state index >= 15 is 0 Å². The minimum Gasteiger partial charge on any atom is -0.379 e. The molecule has 2 aromatic rings. The minimum atomic E-state index is -0.0240. The normalized spacial score (nSPS) is 14.3. The Labute approximate surface area is 137 Å². The Morgan fingerprint density at radius 3 is 2.52 bits per heavy atom. The Hall–Kier alpha value is -2.36. The highest BCUT2D eigenvalue weighted by Gasteiger charge is 2.22. The lowest BCUT2D eigenvalue weighted by molar-refractivity contribution is 0.0729. The summed E-state index contributed by atoms with van der Waals surface area (Å²) in [6.45, 7) is 7.70. The van der Waals surface area contributed by atoms with E-state index in [0.29, 0.717) is 12.2 Å². The van der Waals surface area contributed by atoms with Crippen molar-refractivity contribution in [3.63, 3.8) is 0 Å². The number of hydrogen-bond acceptors (Lipinski definition) is 3. The fourth-order valence-electron chi connectivity index (χ4n) is 2.86. The van der Waals surface area contributed by atoms with Crippen LogP contribution < -0.4 is 5.32 Å². The van der Waals surface area contributed by atoms with Gasteiger partial charge in [-0.2, -0.15) is 0 Å². The van der Waals surface area contributed by atoms with Crippen molar-refractivity contribution in [2.45, 2.75) is 39.3 Å². The quantitative estimate of drug-likeness (QED) is 0.923. The predicted molar refractivity (Wildman–Crippen MR) is 92.5 cm³/mol. The lowest BCUT2D eigenvalue weighted by Crippen LogP contribution is -2.36. The van der Waals surface area contributed by atoms with Gasteiger partial charge in [0.05, 0.1) is 11.9 Å². The first-order valence-corrected chi connectivity index (χ1v) is 8.03. The molecule has 2 heterocycles. The standard InChI is InChI=1S/C19H23N3O/c1-19(2,3)21-16-8-9-17(20-12-16)18(23)22-11-10-14-6-4-5-7-15(14)13-22/h4-9,12,21H,10-11,13H2,1-3H3. The second kappa shape index (κ2) is 6.03. The minimum absolute atomic E-state index is 0.00168. The third-order valence-electron chi connectivity index (χ3n) is 3.92. The van der Waals surface area contributed by atoms with Crippen LogP contribution in [-0.2, 0) is 13.0 Å². The van der Waals surface area contributed by atoms with Crippen LogP contribution >= 0.6 is 0 Å². The summed E-state index contributed by atoms with van der Waals surface area (Å²) < 4.78 is 0. The summed E-state index contributed by atoms with van der Waals surface area (Å²) in [6, 6.07) is 12.0. The third kappa shape index (κ3) is 3.70. The van der Waals surface area contributed by atoms with Gasteiger partial charge in [-0.3, -0.25) is 4.79 Å². The zero-order valence-corrected chi connectivity index (χ0v) is 14.0. The van der Waals surface area contributed by atoms with E-state index in [1.807, 2.05) is 17.0 Å². The number of hydrogen-bond donors (Lipinski definition) is 1. The fraction of sp³-hybridized carbons (Fsp3) is 0.368. The first-order chi connectivity index (χ1) is 10.9. The van der Waals surface area contributed by atoms with E-state index in [1.165, 1.54) is 11.1 Å². The molecule has 0 radical (unpaired) electrons. The van der Waals surface area contributed by atoms with E-state index in [2.05, 4.69) is 49.3 Å². The van der Waals surface area contributed by atoms with Crippen LogP contribution in [0.15, 0.2) is 42.6 Å². The molecule has 0 aliphatic carbocycles. The number of carbonyl (C=O) groups is 1. The zero-order chi connectivity index (χ0) is 16.4. The lowest BCUT2D eigenvalue weighted by atomic mass is 10.00. The summed E-state index contributed by atoms with van der Waals surface area (Å²) in [4.78, 5) is 18.9. The van der Waals surface area contributed by atoms with Crippen LogP contribution in [0.25, 0.3) is 0 Å². The van der Waals surface area contributed by atoms with E-state index < -0.39 is 0 Å². The van der Waals surface area contributed by atoms with E-state index in [9.17, 15) is 4.79 Å². The van der Waals surface area contributed by atoms with Gasteiger partial charge in [0.2, 0.25) is 0 Å². The molecule has 1 amide bonds. The van der Waals surface area contributed by atoms with Gasteiger partial charge in [-0.1, -0.05) is 24.3 Å². The van der Waals surface area contributed by atoms with Crippen LogP contribution in [0, 0.1) is 0 Å². The molecule has 1 aliphatic rings. The number of fused-ring (bicyclic) bond motifs is 1. The van der Waals surface area contributed by atoms with Gasteiger partial charge in [0.25, 0.3) is 5.91 Å². The van der Waals surface area contributed by atoms with Gasteiger partial charge in [0, 0.05) is 18.6 Å². The van der Waals surface area contributed by atoms with Gasteiger partial charge in [-0.05, 0) is 50.5 Å². The summed E-state index contributed by atoms with van der Waals surface area (Å²) in [7, 11) is 0. The molecule has 0 saturated heterocycles. The van der Waals surface area contributed by atoms with E-state index in [0.717, 1.165) is 18.7 Å². The number of benzene rings is 1. The molecule has 0 unspecified atom stereocenters. The second-order valence-corrected chi connectivity index (χ2v) is 7.05. The number of nitrogens with zero attached hydrogens (tertiary/aromatic N) is 2. The van der Waals surface area contributed by atoms with E-state index in [1.54, 1.807) is 12.3 Å². The Morgan fingerprint density at radius 2 is 1.87 bits per heavy atom. The molecule has 0 atom stereocenters. The highest BCUT2D eigenvalue weighted by Crippen LogP contribution is 2.20. The van der Waals surface area contributed by atoms with Crippen molar-refractivity contribution >= 4 is 11.6 Å². The van der Waals surface area contributed by atoms with Gasteiger partial charge < -0.3 is 10.2 Å². The average Bonchev–Trinajstić information content (AvgIpc) is 2.53. The zero-order valence-electron chi connectivity index (χ0n) is 14.0. The van der Waals surface area contributed by atoms with Crippen LogP contribution in [-0.4, -0.2) is 27.9 Å². The number of anilines is 1. The number of aromatic nitrogens is 1. The third-order valence-corrected chi connectivity index (χ3v) is 3.92. The summed E-state index contributed by atoms with van der Waals surface area (Å²) in [5.41, 5.74) is 3.98. The molecule has 1 N–H and O–H groups in total. The van der Waals surface area contributed by atoms with Crippen molar-refractivity contribution < 1.29 is 4.79 Å². The van der Waals surface area contributed by atoms with Crippen molar-refractivity contribution in [3.8, 4) is 0 Å². The first-order valence-electron chi connectivity index (χ1n) is 8.03. The Bertz CT molecular complexity index is 701. The number of nitrogens with one attached hydrogen (secondary N) is 1. The van der Waals surface area contributed by atoms with Crippen LogP contribution in [0.3, 0.4) is 0 Å². The SMILES string of the molecule is CC(C)(C)Nc1ccc(C(=O)N2CCc3ccccc3C2)nc1. The van der Waals surface area contributed by atoms with Crippen molar-refractivity contribution in [2.24, 2.45) is 0 Å².